The van der Waals surface area contributed by atoms with Crippen molar-refractivity contribution < 1.29 is 63.2 Å². The minimum Gasteiger partial charge on any atom is -0.481 e. The summed E-state index contributed by atoms with van der Waals surface area (Å²) >= 11 is 0. The maximum Gasteiger partial charge on any atom is 0.328 e. The van der Waals surface area contributed by atoms with E-state index in [0.29, 0.717) is 45.7 Å². The highest BCUT2D eigenvalue weighted by atomic mass is 31.2. The number of aliphatic carboxylic acids is 4. The molecule has 0 aliphatic carbocycles. The van der Waals surface area contributed by atoms with E-state index in [1.165, 1.54) is 0 Å². The lowest BCUT2D eigenvalue weighted by Crippen LogP contribution is -2.49. The van der Waals surface area contributed by atoms with Crippen molar-refractivity contribution in [3.63, 3.8) is 0 Å². The monoisotopic (exact) mass is 723 g/mol. The number of Topliss-reactive ketones (excluding diaryl/α,β-unsaturated/α-hetero) is 1. The van der Waals surface area contributed by atoms with Crippen molar-refractivity contribution in [3.05, 3.63) is 0 Å². The van der Waals surface area contributed by atoms with Crippen LogP contribution in [0.15, 0.2) is 0 Å². The number of carboxylic acids is 4. The Morgan fingerprint density at radius 2 is 1.24 bits per heavy atom. The van der Waals surface area contributed by atoms with Crippen molar-refractivity contribution >= 4 is 43.2 Å². The number of hydrogen-bond donors (Lipinski definition) is 6. The van der Waals surface area contributed by atoms with Gasteiger partial charge in [-0.25, -0.2) is 4.79 Å². The van der Waals surface area contributed by atoms with Gasteiger partial charge in [-0.15, -0.1) is 0 Å². The van der Waals surface area contributed by atoms with Crippen molar-refractivity contribution in [2.75, 3.05) is 92.3 Å². The highest BCUT2D eigenvalue weighted by molar-refractivity contribution is 7.52. The van der Waals surface area contributed by atoms with Crippen LogP contribution in [0.5, 0.6) is 0 Å². The molecule has 49 heavy (non-hydrogen) atoms. The molecule has 1 aliphatic heterocycles. The normalized spacial score (nSPS) is 19.3. The van der Waals surface area contributed by atoms with E-state index in [1.807, 2.05) is 19.0 Å². The van der Waals surface area contributed by atoms with Crippen LogP contribution in [0.2, 0.25) is 0 Å². The van der Waals surface area contributed by atoms with Gasteiger partial charge in [0.05, 0.1) is 37.7 Å². The van der Waals surface area contributed by atoms with Crippen LogP contribution in [-0.4, -0.2) is 179 Å². The van der Waals surface area contributed by atoms with Gasteiger partial charge in [0.2, 0.25) is 5.91 Å². The molecule has 0 bridgehead atoms. The van der Waals surface area contributed by atoms with E-state index in [2.05, 4.69) is 15.1 Å². The van der Waals surface area contributed by atoms with Gasteiger partial charge in [-0.3, -0.25) is 38.3 Å². The molecule has 0 radical (unpaired) electrons. The molecule has 19 heteroatoms. The predicted molar refractivity (Wildman–Crippen MR) is 176 cm³/mol. The lowest BCUT2D eigenvalue weighted by Gasteiger charge is -2.31. The fourth-order valence-corrected chi connectivity index (χ4v) is 6.60. The number of rotatable bonds is 21. The van der Waals surface area contributed by atoms with E-state index >= 15 is 0 Å². The first-order valence-electron chi connectivity index (χ1n) is 16.4. The fourth-order valence-electron chi connectivity index (χ4n) is 5.21. The van der Waals surface area contributed by atoms with Gasteiger partial charge in [0.15, 0.2) is 0 Å². The molecule has 0 aromatic heterocycles. The molecule has 4 atom stereocenters. The second-order valence-corrected chi connectivity index (χ2v) is 14.5. The van der Waals surface area contributed by atoms with E-state index in [-0.39, 0.29) is 38.8 Å². The van der Waals surface area contributed by atoms with Crippen LogP contribution < -0.4 is 5.32 Å². The van der Waals surface area contributed by atoms with E-state index in [9.17, 15) is 58.7 Å². The number of carbonyl (C=O) groups excluding carboxylic acids is 2. The number of nitrogens with one attached hydrogen (secondary N) is 1. The number of nitrogens with zero attached hydrogens (tertiary/aromatic N) is 4. The van der Waals surface area contributed by atoms with Crippen LogP contribution in [0.1, 0.15) is 45.4 Å². The number of hydrogen-bond acceptors (Lipinski definition) is 12. The van der Waals surface area contributed by atoms with Crippen molar-refractivity contribution in [2.24, 2.45) is 11.8 Å². The second kappa shape index (κ2) is 22.7. The Bertz CT molecular complexity index is 1160. The van der Waals surface area contributed by atoms with Gasteiger partial charge in [-0.1, -0.05) is 13.3 Å². The van der Waals surface area contributed by atoms with E-state index in [4.69, 9.17) is 4.52 Å². The van der Waals surface area contributed by atoms with Crippen molar-refractivity contribution in [3.8, 4) is 0 Å². The SMILES string of the molecule is CCCC(CP(=O)(O)OCCC(CC(=O)CC[C@@H](NC(=O)CN1CCN(C)CCN(C)CCN(CC(=O)O)CC1)C(=O)O)C(=O)O)C(=O)O. The van der Waals surface area contributed by atoms with Crippen LogP contribution in [0, 0.1) is 11.8 Å². The largest absolute Gasteiger partial charge is 0.481 e. The van der Waals surface area contributed by atoms with E-state index in [0.717, 1.165) is 13.1 Å². The molecule has 1 aliphatic rings. The average Bonchev–Trinajstić information content (AvgIpc) is 2.99. The fraction of sp³-hybridized carbons (Fsp3) is 0.800. The number of likely N-dealkylation sites (N-methyl/N-ethyl adjacent to an activating group) is 2. The molecule has 18 nitrogen and oxygen atoms in total. The summed E-state index contributed by atoms with van der Waals surface area (Å²) < 4.78 is 17.3. The number of carbonyl (C=O) groups is 6. The zero-order valence-electron chi connectivity index (χ0n) is 28.7. The molecule has 0 saturated carbocycles. The molecular weight excluding hydrogens is 669 g/mol. The van der Waals surface area contributed by atoms with Gasteiger partial charge < -0.3 is 45.0 Å². The average molecular weight is 724 g/mol. The molecule has 3 unspecified atom stereocenters. The summed E-state index contributed by atoms with van der Waals surface area (Å²) in [4.78, 5) is 89.8. The molecule has 1 rings (SSSR count). The first kappa shape index (κ1) is 44.0. The molecule has 1 saturated heterocycles. The Kier molecular flexibility index (Phi) is 20.4. The quantitative estimate of drug-likeness (QED) is 0.0828. The zero-order chi connectivity index (χ0) is 37.1. The summed E-state index contributed by atoms with van der Waals surface area (Å²) in [5, 5.41) is 40.2. The van der Waals surface area contributed by atoms with Crippen LogP contribution in [0.4, 0.5) is 0 Å². The Morgan fingerprint density at radius 1 is 0.735 bits per heavy atom. The summed E-state index contributed by atoms with van der Waals surface area (Å²) in [6, 6.07) is -1.43. The summed E-state index contributed by atoms with van der Waals surface area (Å²) in [6.07, 6.45) is -1.49. The molecule has 282 valence electrons. The molecule has 0 spiro atoms. The van der Waals surface area contributed by atoms with Gasteiger partial charge in [0.25, 0.3) is 0 Å². The molecule has 0 aromatic carbocycles. The topological polar surface area (TPSA) is 255 Å². The van der Waals surface area contributed by atoms with E-state index < -0.39 is 80.2 Å². The molecular formula is C30H54N5O13P. The van der Waals surface area contributed by atoms with Gasteiger partial charge in [0.1, 0.15) is 11.8 Å². The van der Waals surface area contributed by atoms with Gasteiger partial charge in [0, 0.05) is 65.2 Å². The Hall–Kier alpha value is -2.99. The molecule has 6 N–H and O–H groups in total. The Labute approximate surface area is 286 Å². The number of amides is 1. The van der Waals surface area contributed by atoms with Crippen molar-refractivity contribution in [2.45, 2.75) is 51.5 Å². The third-order valence-corrected chi connectivity index (χ3v) is 9.77. The van der Waals surface area contributed by atoms with Crippen LogP contribution >= 0.6 is 7.60 Å². The lowest BCUT2D eigenvalue weighted by atomic mass is 9.96. The number of ketones is 1. The highest BCUT2D eigenvalue weighted by Crippen LogP contribution is 2.45. The first-order chi connectivity index (χ1) is 22.9. The third kappa shape index (κ3) is 19.7. The minimum atomic E-state index is -4.34. The van der Waals surface area contributed by atoms with Crippen molar-refractivity contribution in [1.82, 2.24) is 24.9 Å². The highest BCUT2D eigenvalue weighted by Gasteiger charge is 2.31. The van der Waals surface area contributed by atoms with Gasteiger partial charge in [-0.05, 0) is 33.4 Å². The molecule has 1 amide bonds. The standard InChI is InChI=1S/C30H54N5O13P/c1-4-5-23(29(42)43)21-49(46,47)48-17-8-22(28(40)41)18-24(36)6-7-25(30(44)45)31-26(37)19-34-13-11-32(2)9-10-33(3)12-14-35(16-15-34)20-27(38)39/h22-23,25H,4-21H2,1-3H3,(H,31,37)(H,38,39)(H,40,41)(H,42,43)(H,44,45)(H,46,47)/t22?,23?,25-/m1/s1. The summed E-state index contributed by atoms with van der Waals surface area (Å²) in [5.41, 5.74) is 0. The van der Waals surface area contributed by atoms with Gasteiger partial charge >= 0.3 is 31.5 Å². The van der Waals surface area contributed by atoms with Crippen molar-refractivity contribution in [1.29, 1.82) is 0 Å². The summed E-state index contributed by atoms with van der Waals surface area (Å²) in [5.74, 6) is -8.56. The molecule has 0 aromatic rings. The first-order valence-corrected chi connectivity index (χ1v) is 18.2. The number of carboxylic acid groups (broad SMARTS) is 4. The third-order valence-electron chi connectivity index (χ3n) is 8.28. The zero-order valence-corrected chi connectivity index (χ0v) is 29.6. The summed E-state index contributed by atoms with van der Waals surface area (Å²) in [7, 11) is -0.425. The maximum absolute atomic E-state index is 12.9. The smallest absolute Gasteiger partial charge is 0.328 e. The van der Waals surface area contributed by atoms with E-state index in [1.54, 1.807) is 11.8 Å². The van der Waals surface area contributed by atoms with Crippen LogP contribution in [-0.2, 0) is 37.9 Å². The Balaban J connectivity index is 2.73. The Morgan fingerprint density at radius 3 is 1.73 bits per heavy atom. The minimum absolute atomic E-state index is 0.159. The predicted octanol–water partition coefficient (Wildman–Crippen LogP) is -0.345. The second-order valence-electron chi connectivity index (χ2n) is 12.6. The van der Waals surface area contributed by atoms with Crippen LogP contribution in [0.25, 0.3) is 0 Å². The lowest BCUT2D eigenvalue weighted by molar-refractivity contribution is -0.145. The maximum atomic E-state index is 12.9. The van der Waals surface area contributed by atoms with Crippen LogP contribution in [0.3, 0.4) is 0 Å². The molecule has 1 fully saturated rings. The molecule has 1 heterocycles. The summed E-state index contributed by atoms with van der Waals surface area (Å²) in [6.45, 7) is 5.43. The van der Waals surface area contributed by atoms with Gasteiger partial charge in [-0.2, -0.15) is 0 Å².